The minimum atomic E-state index is 1.12. The lowest BCUT2D eigenvalue weighted by molar-refractivity contribution is 1.28. The molecule has 0 heterocycles. The first-order valence-corrected chi connectivity index (χ1v) is 15.4. The van der Waals surface area contributed by atoms with Crippen molar-refractivity contribution in [1.29, 1.82) is 0 Å². The second kappa shape index (κ2) is 11.6. The number of nitrogens with zero attached hydrogens (tertiary/aromatic N) is 1. The number of benzene rings is 8. The van der Waals surface area contributed by atoms with Crippen molar-refractivity contribution < 1.29 is 0 Å². The molecule has 0 aliphatic heterocycles. The van der Waals surface area contributed by atoms with E-state index in [4.69, 9.17) is 0 Å². The summed E-state index contributed by atoms with van der Waals surface area (Å²) in [5, 5.41) is 5.12. The predicted octanol–water partition coefficient (Wildman–Crippen LogP) is 12.5. The van der Waals surface area contributed by atoms with Gasteiger partial charge < -0.3 is 4.90 Å². The van der Waals surface area contributed by atoms with Crippen LogP contribution in [-0.2, 0) is 0 Å². The smallest absolute Gasteiger partial charge is 0.0462 e. The van der Waals surface area contributed by atoms with Crippen LogP contribution >= 0.6 is 0 Å². The van der Waals surface area contributed by atoms with Gasteiger partial charge in [-0.15, -0.1) is 0 Å². The molecular weight excluding hydrogens is 542 g/mol. The van der Waals surface area contributed by atoms with Crippen molar-refractivity contribution in [1.82, 2.24) is 0 Å². The quantitative estimate of drug-likeness (QED) is 0.179. The molecule has 0 aliphatic rings. The lowest BCUT2D eigenvalue weighted by atomic mass is 9.94. The monoisotopic (exact) mass is 573 g/mol. The summed E-state index contributed by atoms with van der Waals surface area (Å²) in [4.78, 5) is 2.34. The molecule has 45 heavy (non-hydrogen) atoms. The molecule has 8 aromatic rings. The Morgan fingerprint density at radius 2 is 0.689 bits per heavy atom. The van der Waals surface area contributed by atoms with Crippen molar-refractivity contribution in [3.8, 4) is 33.4 Å². The van der Waals surface area contributed by atoms with Crippen molar-refractivity contribution in [3.63, 3.8) is 0 Å². The van der Waals surface area contributed by atoms with E-state index in [9.17, 15) is 0 Å². The number of rotatable bonds is 6. The Bertz CT molecular complexity index is 2130. The molecular formula is C44H31N. The van der Waals surface area contributed by atoms with Gasteiger partial charge in [0.2, 0.25) is 0 Å². The van der Waals surface area contributed by atoms with Crippen molar-refractivity contribution in [2.24, 2.45) is 0 Å². The van der Waals surface area contributed by atoms with Gasteiger partial charge in [-0.25, -0.2) is 0 Å². The van der Waals surface area contributed by atoms with Crippen LogP contribution in [-0.4, -0.2) is 0 Å². The molecule has 0 fully saturated rings. The van der Waals surface area contributed by atoms with E-state index < -0.39 is 0 Å². The molecule has 0 amide bonds. The fourth-order valence-electron chi connectivity index (χ4n) is 6.40. The first kappa shape index (κ1) is 26.7. The number of hydrogen-bond donors (Lipinski definition) is 0. The van der Waals surface area contributed by atoms with E-state index in [1.165, 1.54) is 54.9 Å². The van der Waals surface area contributed by atoms with Gasteiger partial charge in [0.25, 0.3) is 0 Å². The van der Waals surface area contributed by atoms with Crippen molar-refractivity contribution in [2.75, 3.05) is 4.90 Å². The van der Waals surface area contributed by atoms with Gasteiger partial charge in [0, 0.05) is 17.1 Å². The van der Waals surface area contributed by atoms with Gasteiger partial charge in [-0.1, -0.05) is 152 Å². The standard InChI is InChI=1S/C44H31N/c1-3-10-32(11-4-1)34-18-25-38(26-19-34)45(39-27-20-35(21-28-39)33-12-5-2-6-13-33)40-29-22-37(23-30-40)42-16-9-17-43-41-15-8-7-14-36(41)24-31-44(42)43/h1-31H. The Kier molecular flexibility index (Phi) is 6.90. The molecule has 8 aromatic carbocycles. The lowest BCUT2D eigenvalue weighted by Gasteiger charge is -2.26. The number of anilines is 3. The molecule has 0 saturated carbocycles. The third kappa shape index (κ3) is 5.15. The molecule has 1 heteroatoms. The summed E-state index contributed by atoms with van der Waals surface area (Å²) in [7, 11) is 0. The average Bonchev–Trinajstić information content (AvgIpc) is 3.13. The van der Waals surface area contributed by atoms with Crippen LogP contribution in [0.25, 0.3) is 54.9 Å². The van der Waals surface area contributed by atoms with Crippen molar-refractivity contribution >= 4 is 38.6 Å². The molecule has 0 spiro atoms. The predicted molar refractivity (Wildman–Crippen MR) is 192 cm³/mol. The summed E-state index contributed by atoms with van der Waals surface area (Å²) < 4.78 is 0. The van der Waals surface area contributed by atoms with Gasteiger partial charge >= 0.3 is 0 Å². The third-order valence-corrected chi connectivity index (χ3v) is 8.69. The molecule has 1 nitrogen and oxygen atoms in total. The first-order valence-electron chi connectivity index (χ1n) is 15.4. The third-order valence-electron chi connectivity index (χ3n) is 8.69. The normalized spacial score (nSPS) is 11.1. The van der Waals surface area contributed by atoms with E-state index in [-0.39, 0.29) is 0 Å². The fourth-order valence-corrected chi connectivity index (χ4v) is 6.40. The van der Waals surface area contributed by atoms with Crippen LogP contribution in [0.3, 0.4) is 0 Å². The van der Waals surface area contributed by atoms with Crippen LogP contribution in [0, 0.1) is 0 Å². The van der Waals surface area contributed by atoms with Crippen molar-refractivity contribution in [2.45, 2.75) is 0 Å². The number of fused-ring (bicyclic) bond motifs is 3. The summed E-state index contributed by atoms with van der Waals surface area (Å²) in [6, 6.07) is 67.6. The Morgan fingerprint density at radius 1 is 0.244 bits per heavy atom. The molecule has 0 aromatic heterocycles. The largest absolute Gasteiger partial charge is 0.311 e. The molecule has 0 saturated heterocycles. The summed E-state index contributed by atoms with van der Waals surface area (Å²) in [5.74, 6) is 0. The van der Waals surface area contributed by atoms with E-state index >= 15 is 0 Å². The van der Waals surface area contributed by atoms with Crippen LogP contribution in [0.2, 0.25) is 0 Å². The van der Waals surface area contributed by atoms with Gasteiger partial charge in [0.15, 0.2) is 0 Å². The SMILES string of the molecule is c1ccc(-c2ccc(N(c3ccc(-c4ccccc4)cc3)c3ccc(-c4cccc5c4ccc4ccccc45)cc3)cc2)cc1. The summed E-state index contributed by atoms with van der Waals surface area (Å²) in [5.41, 5.74) is 10.6. The van der Waals surface area contributed by atoms with Gasteiger partial charge in [-0.05, 0) is 91.3 Å². The Hall–Kier alpha value is -5.92. The molecule has 0 atom stereocenters. The van der Waals surface area contributed by atoms with Crippen LogP contribution in [0.15, 0.2) is 188 Å². The van der Waals surface area contributed by atoms with E-state index in [0.29, 0.717) is 0 Å². The molecule has 0 radical (unpaired) electrons. The zero-order valence-corrected chi connectivity index (χ0v) is 24.8. The first-order chi connectivity index (χ1) is 22.3. The lowest BCUT2D eigenvalue weighted by Crippen LogP contribution is -2.09. The second-order valence-electron chi connectivity index (χ2n) is 11.4. The topological polar surface area (TPSA) is 3.24 Å². The van der Waals surface area contributed by atoms with Gasteiger partial charge in [0.05, 0.1) is 0 Å². The Morgan fingerprint density at radius 3 is 1.24 bits per heavy atom. The maximum Gasteiger partial charge on any atom is 0.0462 e. The van der Waals surface area contributed by atoms with E-state index in [1.807, 2.05) is 0 Å². The Balaban J connectivity index is 1.19. The molecule has 0 bridgehead atoms. The highest BCUT2D eigenvalue weighted by atomic mass is 15.1. The van der Waals surface area contributed by atoms with E-state index in [0.717, 1.165) is 17.1 Å². The maximum absolute atomic E-state index is 2.34. The maximum atomic E-state index is 2.34. The molecule has 0 unspecified atom stereocenters. The van der Waals surface area contributed by atoms with Crippen LogP contribution < -0.4 is 4.90 Å². The Labute approximate surface area is 264 Å². The second-order valence-corrected chi connectivity index (χ2v) is 11.4. The van der Waals surface area contributed by atoms with Gasteiger partial charge in [0.1, 0.15) is 0 Å². The molecule has 0 N–H and O–H groups in total. The molecule has 8 rings (SSSR count). The zero-order valence-electron chi connectivity index (χ0n) is 24.8. The number of hydrogen-bond acceptors (Lipinski definition) is 1. The van der Waals surface area contributed by atoms with E-state index in [1.54, 1.807) is 0 Å². The highest BCUT2D eigenvalue weighted by Gasteiger charge is 2.14. The summed E-state index contributed by atoms with van der Waals surface area (Å²) in [6.45, 7) is 0. The summed E-state index contributed by atoms with van der Waals surface area (Å²) >= 11 is 0. The summed E-state index contributed by atoms with van der Waals surface area (Å²) in [6.07, 6.45) is 0. The minimum absolute atomic E-state index is 1.12. The van der Waals surface area contributed by atoms with E-state index in [2.05, 4.69) is 193 Å². The van der Waals surface area contributed by atoms with Crippen LogP contribution in [0.5, 0.6) is 0 Å². The molecule has 212 valence electrons. The van der Waals surface area contributed by atoms with Crippen LogP contribution in [0.1, 0.15) is 0 Å². The average molecular weight is 574 g/mol. The van der Waals surface area contributed by atoms with Gasteiger partial charge in [-0.3, -0.25) is 0 Å². The highest BCUT2D eigenvalue weighted by Crippen LogP contribution is 2.39. The van der Waals surface area contributed by atoms with Gasteiger partial charge in [-0.2, -0.15) is 0 Å². The minimum Gasteiger partial charge on any atom is -0.311 e. The van der Waals surface area contributed by atoms with Crippen LogP contribution in [0.4, 0.5) is 17.1 Å². The fraction of sp³-hybridized carbons (Fsp3) is 0. The van der Waals surface area contributed by atoms with Crippen molar-refractivity contribution in [3.05, 3.63) is 188 Å². The zero-order chi connectivity index (χ0) is 30.0. The molecule has 0 aliphatic carbocycles. The highest BCUT2D eigenvalue weighted by molar-refractivity contribution is 6.12.